The predicted octanol–water partition coefficient (Wildman–Crippen LogP) is 4.72. The molecule has 2 aromatic rings. The Kier molecular flexibility index (Phi) is 8.52. The van der Waals surface area contributed by atoms with Crippen LogP contribution in [0.3, 0.4) is 0 Å². The highest BCUT2D eigenvalue weighted by atomic mass is 19.4. The van der Waals surface area contributed by atoms with E-state index < -0.39 is 17.6 Å². The lowest BCUT2D eigenvalue weighted by atomic mass is 9.69. The van der Waals surface area contributed by atoms with E-state index >= 15 is 0 Å². The fourth-order valence-corrected chi connectivity index (χ4v) is 6.97. The Balaban J connectivity index is 1.15. The molecule has 1 spiro atoms. The van der Waals surface area contributed by atoms with Crippen LogP contribution in [0.1, 0.15) is 66.1 Å². The van der Waals surface area contributed by atoms with E-state index in [1.54, 1.807) is 5.56 Å². The molecule has 2 atom stereocenters. The van der Waals surface area contributed by atoms with Crippen LogP contribution in [0.4, 0.5) is 13.2 Å². The summed E-state index contributed by atoms with van der Waals surface area (Å²) in [4.78, 5) is 27.7. The maximum absolute atomic E-state index is 13.0. The van der Waals surface area contributed by atoms with Gasteiger partial charge in [0.2, 0.25) is 5.91 Å². The monoisotopic (exact) mass is 557 g/mol. The van der Waals surface area contributed by atoms with E-state index in [-0.39, 0.29) is 30.0 Å². The maximum atomic E-state index is 13.0. The molecule has 2 fully saturated rings. The fraction of sp³-hybridized carbons (Fsp3) is 0.548. The van der Waals surface area contributed by atoms with Crippen molar-refractivity contribution in [1.82, 2.24) is 15.5 Å². The molecule has 1 aliphatic heterocycles. The van der Waals surface area contributed by atoms with Gasteiger partial charge in [0.25, 0.3) is 5.91 Å². The molecular weight excluding hydrogens is 519 g/mol. The van der Waals surface area contributed by atoms with Crippen molar-refractivity contribution in [3.8, 4) is 0 Å². The highest BCUT2D eigenvalue weighted by Crippen LogP contribution is 2.49. The van der Waals surface area contributed by atoms with Gasteiger partial charge in [-0.3, -0.25) is 14.5 Å². The number of likely N-dealkylation sites (tertiary alicyclic amines) is 1. The first kappa shape index (κ1) is 28.6. The van der Waals surface area contributed by atoms with Gasteiger partial charge in [0.15, 0.2) is 0 Å². The second-order valence-electron chi connectivity index (χ2n) is 11.5. The van der Waals surface area contributed by atoms with Gasteiger partial charge >= 0.3 is 6.18 Å². The number of fused-ring (bicyclic) bond motifs is 2. The van der Waals surface area contributed by atoms with Crippen molar-refractivity contribution < 1.29 is 27.5 Å². The van der Waals surface area contributed by atoms with Crippen molar-refractivity contribution in [2.24, 2.45) is 5.92 Å². The Morgan fingerprint density at radius 2 is 1.82 bits per heavy atom. The molecule has 5 rings (SSSR count). The molecule has 216 valence electrons. The predicted molar refractivity (Wildman–Crippen MR) is 146 cm³/mol. The summed E-state index contributed by atoms with van der Waals surface area (Å²) in [5.74, 6) is -0.949. The van der Waals surface area contributed by atoms with Crippen molar-refractivity contribution in [2.45, 2.75) is 69.1 Å². The number of ether oxygens (including phenoxy) is 1. The third kappa shape index (κ3) is 6.20. The van der Waals surface area contributed by atoms with Crippen molar-refractivity contribution in [1.29, 1.82) is 0 Å². The van der Waals surface area contributed by atoms with Gasteiger partial charge in [-0.25, -0.2) is 0 Å². The normalized spacial score (nSPS) is 26.6. The highest BCUT2D eigenvalue weighted by molar-refractivity contribution is 5.96. The van der Waals surface area contributed by atoms with Gasteiger partial charge in [-0.05, 0) is 80.2 Å². The van der Waals surface area contributed by atoms with Crippen LogP contribution in [0.25, 0.3) is 0 Å². The number of nitrogens with zero attached hydrogens (tertiary/aromatic N) is 1. The zero-order valence-corrected chi connectivity index (χ0v) is 22.9. The zero-order chi connectivity index (χ0) is 28.3. The summed E-state index contributed by atoms with van der Waals surface area (Å²) in [6, 6.07) is 13.4. The maximum Gasteiger partial charge on any atom is 0.416 e. The second kappa shape index (κ2) is 11.9. The Bertz CT molecular complexity index is 1210. The number of carbonyl (C=O) groups is 2. The van der Waals surface area contributed by atoms with Crippen molar-refractivity contribution in [3.05, 3.63) is 70.8 Å². The first-order valence-electron chi connectivity index (χ1n) is 14.3. The van der Waals surface area contributed by atoms with Crippen molar-refractivity contribution in [2.75, 3.05) is 32.8 Å². The number of hydrogen-bond donors (Lipinski definition) is 2. The minimum Gasteiger partial charge on any atom is -0.381 e. The topological polar surface area (TPSA) is 70.7 Å². The van der Waals surface area contributed by atoms with E-state index in [2.05, 4.69) is 39.8 Å². The third-order valence-corrected chi connectivity index (χ3v) is 9.10. The number of alkyl halides is 3. The number of benzene rings is 2. The lowest BCUT2D eigenvalue weighted by Gasteiger charge is -2.41. The van der Waals surface area contributed by atoms with Crippen LogP contribution in [-0.2, 0) is 27.5 Å². The van der Waals surface area contributed by atoms with E-state index in [9.17, 15) is 22.8 Å². The van der Waals surface area contributed by atoms with Crippen LogP contribution in [0.5, 0.6) is 0 Å². The molecule has 6 nitrogen and oxygen atoms in total. The number of amides is 2. The Morgan fingerprint density at radius 3 is 2.58 bits per heavy atom. The number of halogens is 3. The number of hydrogen-bond acceptors (Lipinski definition) is 4. The van der Waals surface area contributed by atoms with Gasteiger partial charge in [-0.1, -0.05) is 30.3 Å². The fourth-order valence-electron chi connectivity index (χ4n) is 6.97. The van der Waals surface area contributed by atoms with Gasteiger partial charge < -0.3 is 15.4 Å². The lowest BCUT2D eigenvalue weighted by molar-refractivity contribution is -0.137. The molecule has 2 N–H and O–H groups in total. The number of rotatable bonds is 8. The van der Waals surface area contributed by atoms with Gasteiger partial charge in [0.05, 0.1) is 18.7 Å². The van der Waals surface area contributed by atoms with Gasteiger partial charge in [0, 0.05) is 43.3 Å². The molecular formula is C31H38F3N3O3. The quantitative estimate of drug-likeness (QED) is 0.493. The molecule has 40 heavy (non-hydrogen) atoms. The minimum absolute atomic E-state index is 0.118. The Labute approximate surface area is 233 Å². The summed E-state index contributed by atoms with van der Waals surface area (Å²) < 4.78 is 44.7. The molecule has 1 unspecified atom stereocenters. The summed E-state index contributed by atoms with van der Waals surface area (Å²) in [7, 11) is 0. The first-order valence-corrected chi connectivity index (χ1v) is 14.3. The van der Waals surface area contributed by atoms with E-state index in [0.717, 1.165) is 38.1 Å². The van der Waals surface area contributed by atoms with Crippen LogP contribution < -0.4 is 10.6 Å². The Morgan fingerprint density at radius 1 is 1.05 bits per heavy atom. The SMILES string of the molecule is CCOCC1CN(C2CCC3(CCc4ccccc43)CC2)C[C@@H]1NC(=O)CNC(=O)c1cccc(C(F)(F)F)c1. The van der Waals surface area contributed by atoms with Crippen molar-refractivity contribution in [3.63, 3.8) is 0 Å². The molecule has 2 amide bonds. The molecule has 3 aliphatic rings. The van der Waals surface area contributed by atoms with Gasteiger partial charge in [0.1, 0.15) is 0 Å². The summed E-state index contributed by atoms with van der Waals surface area (Å²) in [5.41, 5.74) is 2.32. The summed E-state index contributed by atoms with van der Waals surface area (Å²) in [5, 5.41) is 5.51. The van der Waals surface area contributed by atoms with Gasteiger partial charge in [-0.15, -0.1) is 0 Å². The lowest BCUT2D eigenvalue weighted by Crippen LogP contribution is -2.47. The summed E-state index contributed by atoms with van der Waals surface area (Å²) >= 11 is 0. The zero-order valence-electron chi connectivity index (χ0n) is 22.9. The molecule has 2 aromatic carbocycles. The molecule has 1 heterocycles. The van der Waals surface area contributed by atoms with Crippen molar-refractivity contribution >= 4 is 11.8 Å². The highest BCUT2D eigenvalue weighted by Gasteiger charge is 2.44. The summed E-state index contributed by atoms with van der Waals surface area (Å²) in [6.45, 7) is 4.34. The second-order valence-corrected chi connectivity index (χ2v) is 11.5. The van der Waals surface area contributed by atoms with E-state index in [4.69, 9.17) is 4.74 Å². The minimum atomic E-state index is -4.54. The molecule has 0 radical (unpaired) electrons. The average molecular weight is 558 g/mol. The molecule has 2 aliphatic carbocycles. The number of aryl methyl sites for hydroxylation is 1. The first-order chi connectivity index (χ1) is 19.2. The van der Waals surface area contributed by atoms with Crippen LogP contribution in [0.2, 0.25) is 0 Å². The number of nitrogens with one attached hydrogen (secondary N) is 2. The van der Waals surface area contributed by atoms with Crippen LogP contribution in [-0.4, -0.2) is 61.6 Å². The largest absolute Gasteiger partial charge is 0.416 e. The molecule has 0 bridgehead atoms. The molecule has 9 heteroatoms. The number of carbonyl (C=O) groups excluding carboxylic acids is 2. The van der Waals surface area contributed by atoms with E-state index in [0.29, 0.717) is 24.7 Å². The summed E-state index contributed by atoms with van der Waals surface area (Å²) in [6.07, 6.45) is 2.47. The molecule has 1 saturated carbocycles. The smallest absolute Gasteiger partial charge is 0.381 e. The average Bonchev–Trinajstić information content (AvgIpc) is 3.52. The third-order valence-electron chi connectivity index (χ3n) is 9.10. The Hall–Kier alpha value is -2.91. The van der Waals surface area contributed by atoms with E-state index in [1.807, 2.05) is 6.92 Å². The van der Waals surface area contributed by atoms with Crippen LogP contribution in [0, 0.1) is 5.92 Å². The molecule has 1 saturated heterocycles. The van der Waals surface area contributed by atoms with E-state index in [1.165, 1.54) is 43.4 Å². The van der Waals surface area contributed by atoms with Crippen LogP contribution in [0.15, 0.2) is 48.5 Å². The van der Waals surface area contributed by atoms with Crippen LogP contribution >= 0.6 is 0 Å². The van der Waals surface area contributed by atoms with Gasteiger partial charge in [-0.2, -0.15) is 13.2 Å². The molecule has 0 aromatic heterocycles. The standard InChI is InChI=1S/C31H38F3N3O3/c1-2-40-20-23-18-37(25-11-14-30(15-12-25)13-10-21-6-3-4-9-26(21)30)19-27(23)36-28(38)17-35-29(39)22-7-5-8-24(16-22)31(32,33)34/h3-9,16,23,25,27H,2,10-15,17-20H2,1H3,(H,35,39)(H,36,38)/t23?,25?,27-,30?/m0/s1.